The van der Waals surface area contributed by atoms with Crippen LogP contribution in [-0.4, -0.2) is 64.6 Å². The molecule has 1 aromatic carbocycles. The van der Waals surface area contributed by atoms with E-state index in [1.54, 1.807) is 29.0 Å². The molecule has 184 valence electrons. The Hall–Kier alpha value is -3.44. The lowest BCUT2D eigenvalue weighted by Gasteiger charge is -2.44. The molecule has 5 atom stereocenters. The summed E-state index contributed by atoms with van der Waals surface area (Å²) in [6.07, 6.45) is -4.25. The van der Waals surface area contributed by atoms with Gasteiger partial charge in [0.2, 0.25) is 0 Å². The number of para-hydroxylation sites is 1. The zero-order valence-corrected chi connectivity index (χ0v) is 19.3. The van der Waals surface area contributed by atoms with Gasteiger partial charge < -0.3 is 33.4 Å². The van der Waals surface area contributed by atoms with Gasteiger partial charge in [-0.05, 0) is 6.07 Å². The van der Waals surface area contributed by atoms with Crippen LogP contribution >= 0.6 is 0 Å². The van der Waals surface area contributed by atoms with E-state index in [1.165, 1.54) is 13.8 Å². The van der Waals surface area contributed by atoms with Crippen molar-refractivity contribution < 1.29 is 48.0 Å². The molecule has 1 N–H and O–H groups in total. The average Bonchev–Trinajstić information content (AvgIpc) is 3.13. The number of rotatable bonds is 7. The molecule has 1 fully saturated rings. The van der Waals surface area contributed by atoms with Gasteiger partial charge in [-0.15, -0.1) is 0 Å². The summed E-state index contributed by atoms with van der Waals surface area (Å²) in [4.78, 5) is 47.3. The summed E-state index contributed by atoms with van der Waals surface area (Å²) in [5, 5.41) is 10.6. The predicted octanol–water partition coefficient (Wildman–Crippen LogP) is 1.39. The summed E-state index contributed by atoms with van der Waals surface area (Å²) in [6.45, 7) is 4.13. The lowest BCUT2D eigenvalue weighted by Crippen LogP contribution is -2.60. The Labute approximate surface area is 195 Å². The molecule has 1 aromatic heterocycles. The van der Waals surface area contributed by atoms with Crippen molar-refractivity contribution in [2.75, 3.05) is 6.61 Å². The SMILES string of the molecule is CC(=O)OC[C@@H]1O[C@H](n2cc(CO)c3ccccc32)[C@H](OC(C)=O)[C@H](OC(C)=O)[C@H]1OC(C)=O. The molecule has 11 nitrogen and oxygen atoms in total. The van der Waals surface area contributed by atoms with Gasteiger partial charge in [0.1, 0.15) is 12.7 Å². The van der Waals surface area contributed by atoms with E-state index < -0.39 is 54.5 Å². The molecule has 0 unspecified atom stereocenters. The number of hydrogen-bond donors (Lipinski definition) is 1. The minimum absolute atomic E-state index is 0.265. The normalized spacial score (nSPS) is 24.3. The van der Waals surface area contributed by atoms with Crippen molar-refractivity contribution in [2.24, 2.45) is 0 Å². The van der Waals surface area contributed by atoms with Crippen molar-refractivity contribution in [2.45, 2.75) is 64.9 Å². The van der Waals surface area contributed by atoms with Crippen molar-refractivity contribution >= 4 is 34.8 Å². The van der Waals surface area contributed by atoms with Gasteiger partial charge in [-0.25, -0.2) is 0 Å². The molecule has 2 heterocycles. The van der Waals surface area contributed by atoms with Gasteiger partial charge >= 0.3 is 23.9 Å². The minimum atomic E-state index is -1.27. The molecule has 1 saturated heterocycles. The molecule has 1 aliphatic heterocycles. The average molecular weight is 477 g/mol. The summed E-state index contributed by atoms with van der Waals surface area (Å²) in [6, 6.07) is 7.18. The van der Waals surface area contributed by atoms with Crippen molar-refractivity contribution in [3.8, 4) is 0 Å². The first kappa shape index (κ1) is 25.2. The van der Waals surface area contributed by atoms with Crippen molar-refractivity contribution in [1.82, 2.24) is 4.57 Å². The maximum atomic E-state index is 12.0. The number of aliphatic hydroxyl groups is 1. The van der Waals surface area contributed by atoms with E-state index in [0.717, 1.165) is 19.2 Å². The quantitative estimate of drug-likeness (QED) is 0.459. The summed E-state index contributed by atoms with van der Waals surface area (Å²) < 4.78 is 29.3. The van der Waals surface area contributed by atoms with Crippen molar-refractivity contribution in [3.63, 3.8) is 0 Å². The summed E-state index contributed by atoms with van der Waals surface area (Å²) >= 11 is 0. The molecule has 0 spiro atoms. The Morgan fingerprint density at radius 1 is 0.882 bits per heavy atom. The maximum absolute atomic E-state index is 12.0. The third-order valence-electron chi connectivity index (χ3n) is 5.23. The Kier molecular flexibility index (Phi) is 7.90. The molecule has 0 radical (unpaired) electrons. The predicted molar refractivity (Wildman–Crippen MR) is 115 cm³/mol. The summed E-state index contributed by atoms with van der Waals surface area (Å²) in [5.41, 5.74) is 1.23. The number of hydrogen-bond acceptors (Lipinski definition) is 10. The van der Waals surface area contributed by atoms with E-state index in [1.807, 2.05) is 6.07 Å². The molecule has 0 saturated carbocycles. The first-order chi connectivity index (χ1) is 16.1. The zero-order chi connectivity index (χ0) is 25.0. The van der Waals surface area contributed by atoms with E-state index in [9.17, 15) is 24.3 Å². The smallest absolute Gasteiger partial charge is 0.303 e. The lowest BCUT2D eigenvalue weighted by atomic mass is 9.97. The monoisotopic (exact) mass is 477 g/mol. The van der Waals surface area contributed by atoms with Gasteiger partial charge in [-0.1, -0.05) is 18.2 Å². The Balaban J connectivity index is 2.16. The highest BCUT2D eigenvalue weighted by Crippen LogP contribution is 2.37. The van der Waals surface area contributed by atoms with Crippen LogP contribution in [0.5, 0.6) is 0 Å². The lowest BCUT2D eigenvalue weighted by molar-refractivity contribution is -0.267. The van der Waals surface area contributed by atoms with Crippen LogP contribution in [0.3, 0.4) is 0 Å². The molecular formula is C23H27NO10. The number of fused-ring (bicyclic) bond motifs is 1. The standard InChI is InChI=1S/C23H27NO10/c1-12(26)30-11-19-20(31-13(2)27)21(32-14(3)28)22(33-15(4)29)23(34-19)24-9-16(10-25)17-7-5-6-8-18(17)24/h5-9,19-23,25H,10-11H2,1-4H3/t19-,20-,21+,22+,23-/m0/s1. The maximum Gasteiger partial charge on any atom is 0.303 e. The topological polar surface area (TPSA) is 140 Å². The third-order valence-corrected chi connectivity index (χ3v) is 5.23. The highest BCUT2D eigenvalue weighted by atomic mass is 16.7. The second kappa shape index (κ2) is 10.7. The number of carbonyl (C=O) groups excluding carboxylic acids is 4. The molecule has 3 rings (SSSR count). The second-order valence-corrected chi connectivity index (χ2v) is 7.83. The Morgan fingerprint density at radius 3 is 2.06 bits per heavy atom. The van der Waals surface area contributed by atoms with Crippen LogP contribution < -0.4 is 0 Å². The number of ether oxygens (including phenoxy) is 5. The second-order valence-electron chi connectivity index (χ2n) is 7.83. The van der Waals surface area contributed by atoms with E-state index in [0.29, 0.717) is 11.1 Å². The van der Waals surface area contributed by atoms with Gasteiger partial charge in [0, 0.05) is 44.8 Å². The van der Waals surface area contributed by atoms with Gasteiger partial charge in [-0.3, -0.25) is 19.2 Å². The van der Waals surface area contributed by atoms with Gasteiger partial charge in [0.25, 0.3) is 0 Å². The van der Waals surface area contributed by atoms with E-state index in [-0.39, 0.29) is 13.2 Å². The first-order valence-electron chi connectivity index (χ1n) is 10.6. The largest absolute Gasteiger partial charge is 0.463 e. The first-order valence-corrected chi connectivity index (χ1v) is 10.6. The summed E-state index contributed by atoms with van der Waals surface area (Å²) in [7, 11) is 0. The van der Waals surface area contributed by atoms with Crippen LogP contribution in [0, 0.1) is 0 Å². The van der Waals surface area contributed by atoms with Crippen LogP contribution in [-0.2, 0) is 49.5 Å². The summed E-state index contributed by atoms with van der Waals surface area (Å²) in [5.74, 6) is -2.69. The van der Waals surface area contributed by atoms with Crippen molar-refractivity contribution in [3.05, 3.63) is 36.0 Å². The van der Waals surface area contributed by atoms with Crippen LogP contribution in [0.4, 0.5) is 0 Å². The van der Waals surface area contributed by atoms with E-state index in [2.05, 4.69) is 0 Å². The Bertz CT molecular complexity index is 1080. The van der Waals surface area contributed by atoms with Crippen LogP contribution in [0.2, 0.25) is 0 Å². The molecule has 0 amide bonds. The van der Waals surface area contributed by atoms with E-state index >= 15 is 0 Å². The highest BCUT2D eigenvalue weighted by Gasteiger charge is 2.53. The Morgan fingerprint density at radius 2 is 1.47 bits per heavy atom. The van der Waals surface area contributed by atoms with Crippen LogP contribution in [0.15, 0.2) is 30.5 Å². The molecule has 11 heteroatoms. The minimum Gasteiger partial charge on any atom is -0.463 e. The number of carbonyl (C=O) groups is 4. The van der Waals surface area contributed by atoms with Crippen molar-refractivity contribution in [1.29, 1.82) is 0 Å². The molecule has 0 aliphatic carbocycles. The van der Waals surface area contributed by atoms with Gasteiger partial charge in [-0.2, -0.15) is 0 Å². The molecule has 0 bridgehead atoms. The number of nitrogens with zero attached hydrogens (tertiary/aromatic N) is 1. The molecular weight excluding hydrogens is 450 g/mol. The molecule has 1 aliphatic rings. The fourth-order valence-electron chi connectivity index (χ4n) is 4.04. The van der Waals surface area contributed by atoms with Crippen LogP contribution in [0.1, 0.15) is 39.5 Å². The highest BCUT2D eigenvalue weighted by molar-refractivity contribution is 5.84. The number of benzene rings is 1. The number of aromatic nitrogens is 1. The van der Waals surface area contributed by atoms with Crippen LogP contribution in [0.25, 0.3) is 10.9 Å². The fraction of sp³-hybridized carbons (Fsp3) is 0.478. The number of esters is 4. The van der Waals surface area contributed by atoms with Gasteiger partial charge in [0.05, 0.1) is 12.1 Å². The number of aliphatic hydroxyl groups excluding tert-OH is 1. The molecule has 2 aromatic rings. The fourth-order valence-corrected chi connectivity index (χ4v) is 4.04. The molecule has 34 heavy (non-hydrogen) atoms. The van der Waals surface area contributed by atoms with Gasteiger partial charge in [0.15, 0.2) is 24.5 Å². The third kappa shape index (κ3) is 5.54. The zero-order valence-electron chi connectivity index (χ0n) is 19.3. The van der Waals surface area contributed by atoms with E-state index in [4.69, 9.17) is 23.7 Å².